The Bertz CT molecular complexity index is 427. The molecular formula is C12H15NO4. The zero-order valence-corrected chi connectivity index (χ0v) is 9.73. The number of phenols is 1. The number of carbonyl (C=O) groups is 2. The van der Waals surface area contributed by atoms with Crippen LogP contribution in [0.25, 0.3) is 0 Å². The van der Waals surface area contributed by atoms with Crippen molar-refractivity contribution < 1.29 is 19.8 Å². The lowest BCUT2D eigenvalue weighted by Crippen LogP contribution is -2.53. The van der Waals surface area contributed by atoms with E-state index < -0.39 is 17.4 Å². The van der Waals surface area contributed by atoms with Crippen molar-refractivity contribution >= 4 is 11.9 Å². The van der Waals surface area contributed by atoms with Crippen LogP contribution in [0.5, 0.6) is 5.75 Å². The summed E-state index contributed by atoms with van der Waals surface area (Å²) in [7, 11) is 0. The first-order chi connectivity index (χ1) is 7.83. The minimum Gasteiger partial charge on any atom is -0.508 e. The van der Waals surface area contributed by atoms with E-state index in [4.69, 9.17) is 10.2 Å². The van der Waals surface area contributed by atoms with Gasteiger partial charge in [-0.2, -0.15) is 0 Å². The monoisotopic (exact) mass is 237 g/mol. The fourth-order valence-electron chi connectivity index (χ4n) is 1.58. The molecule has 92 valence electrons. The number of rotatable bonds is 4. The van der Waals surface area contributed by atoms with Crippen LogP contribution in [0.3, 0.4) is 0 Å². The van der Waals surface area contributed by atoms with E-state index in [1.165, 1.54) is 26.0 Å². The van der Waals surface area contributed by atoms with Gasteiger partial charge in [0.2, 0.25) is 5.91 Å². The molecule has 0 saturated carbocycles. The average Bonchev–Trinajstić information content (AvgIpc) is 2.20. The molecule has 0 aliphatic heterocycles. The fraction of sp³-hybridized carbons (Fsp3) is 0.333. The molecule has 0 saturated heterocycles. The molecule has 0 bridgehead atoms. The minimum atomic E-state index is -1.34. The third kappa shape index (κ3) is 3.48. The normalized spacial score (nSPS) is 13.8. The van der Waals surface area contributed by atoms with Crippen LogP contribution in [-0.4, -0.2) is 27.6 Å². The van der Waals surface area contributed by atoms with Crippen LogP contribution in [0.2, 0.25) is 0 Å². The van der Waals surface area contributed by atoms with Crippen molar-refractivity contribution in [1.29, 1.82) is 0 Å². The number of carbonyl (C=O) groups excluding carboxylic acids is 1. The number of carboxylic acids is 1. The Morgan fingerprint density at radius 3 is 2.24 bits per heavy atom. The first-order valence-corrected chi connectivity index (χ1v) is 5.13. The summed E-state index contributed by atoms with van der Waals surface area (Å²) in [6, 6.07) is 6.20. The number of aromatic hydroxyl groups is 1. The molecule has 3 N–H and O–H groups in total. The number of nitrogens with one attached hydrogen (secondary N) is 1. The SMILES string of the molecule is CC(=O)N[C@@](C)(Cc1ccc(O)cc1)C(=O)O. The second-order valence-corrected chi connectivity index (χ2v) is 4.16. The predicted molar refractivity (Wildman–Crippen MR) is 61.7 cm³/mol. The number of benzene rings is 1. The third-order valence-corrected chi connectivity index (χ3v) is 2.42. The van der Waals surface area contributed by atoms with Gasteiger partial charge in [0.25, 0.3) is 0 Å². The second-order valence-electron chi connectivity index (χ2n) is 4.16. The molecule has 0 aliphatic rings. The Labute approximate surface area is 99.1 Å². The Morgan fingerprint density at radius 1 is 1.29 bits per heavy atom. The molecule has 1 aromatic rings. The molecule has 0 aromatic heterocycles. The molecule has 1 rings (SSSR count). The highest BCUT2D eigenvalue weighted by molar-refractivity contribution is 5.85. The fourth-order valence-corrected chi connectivity index (χ4v) is 1.58. The lowest BCUT2D eigenvalue weighted by Gasteiger charge is -2.25. The van der Waals surface area contributed by atoms with Gasteiger partial charge in [-0.25, -0.2) is 4.79 Å². The summed E-state index contributed by atoms with van der Waals surface area (Å²) >= 11 is 0. The summed E-state index contributed by atoms with van der Waals surface area (Å²) in [6.45, 7) is 2.72. The molecule has 1 aromatic carbocycles. The van der Waals surface area contributed by atoms with Crippen molar-refractivity contribution in [3.63, 3.8) is 0 Å². The Balaban J connectivity index is 2.90. The van der Waals surface area contributed by atoms with E-state index in [1.54, 1.807) is 12.1 Å². The molecule has 1 amide bonds. The van der Waals surface area contributed by atoms with Gasteiger partial charge < -0.3 is 15.5 Å². The van der Waals surface area contributed by atoms with Gasteiger partial charge in [-0.1, -0.05) is 12.1 Å². The number of aliphatic carboxylic acids is 1. The Morgan fingerprint density at radius 2 is 1.82 bits per heavy atom. The average molecular weight is 237 g/mol. The third-order valence-electron chi connectivity index (χ3n) is 2.42. The lowest BCUT2D eigenvalue weighted by atomic mass is 9.92. The quantitative estimate of drug-likeness (QED) is 0.726. The summed E-state index contributed by atoms with van der Waals surface area (Å²) in [5, 5.41) is 20.7. The summed E-state index contributed by atoms with van der Waals surface area (Å²) in [6.07, 6.45) is 0.155. The van der Waals surface area contributed by atoms with Gasteiger partial charge in [0.1, 0.15) is 11.3 Å². The van der Waals surface area contributed by atoms with Crippen LogP contribution >= 0.6 is 0 Å². The van der Waals surface area contributed by atoms with Gasteiger partial charge in [0, 0.05) is 13.3 Å². The first kappa shape index (κ1) is 13.0. The van der Waals surface area contributed by atoms with E-state index in [9.17, 15) is 9.59 Å². The van der Waals surface area contributed by atoms with Gasteiger partial charge in [-0.15, -0.1) is 0 Å². The maximum atomic E-state index is 11.2. The van der Waals surface area contributed by atoms with Crippen molar-refractivity contribution in [2.45, 2.75) is 25.8 Å². The van der Waals surface area contributed by atoms with Crippen molar-refractivity contribution in [2.75, 3.05) is 0 Å². The van der Waals surface area contributed by atoms with Crippen molar-refractivity contribution in [3.8, 4) is 5.75 Å². The molecule has 0 spiro atoms. The smallest absolute Gasteiger partial charge is 0.329 e. The van der Waals surface area contributed by atoms with Gasteiger partial charge in [-0.05, 0) is 24.6 Å². The van der Waals surface area contributed by atoms with Crippen LogP contribution in [0.4, 0.5) is 0 Å². The van der Waals surface area contributed by atoms with E-state index in [-0.39, 0.29) is 12.2 Å². The molecule has 5 nitrogen and oxygen atoms in total. The van der Waals surface area contributed by atoms with Crippen LogP contribution in [0.15, 0.2) is 24.3 Å². The maximum Gasteiger partial charge on any atom is 0.329 e. The summed E-state index contributed by atoms with van der Waals surface area (Å²) < 4.78 is 0. The molecule has 0 fully saturated rings. The lowest BCUT2D eigenvalue weighted by molar-refractivity contribution is -0.146. The van der Waals surface area contributed by atoms with Crippen LogP contribution in [0.1, 0.15) is 19.4 Å². The highest BCUT2D eigenvalue weighted by atomic mass is 16.4. The van der Waals surface area contributed by atoms with Crippen LogP contribution in [-0.2, 0) is 16.0 Å². The molecule has 1 atom stereocenters. The zero-order chi connectivity index (χ0) is 13.1. The molecule has 0 aliphatic carbocycles. The first-order valence-electron chi connectivity index (χ1n) is 5.13. The Kier molecular flexibility index (Phi) is 3.73. The van der Waals surface area contributed by atoms with Crippen molar-refractivity contribution in [3.05, 3.63) is 29.8 Å². The highest BCUT2D eigenvalue weighted by Crippen LogP contribution is 2.16. The van der Waals surface area contributed by atoms with E-state index in [0.717, 1.165) is 5.56 Å². The standard InChI is InChI=1S/C12H15NO4/c1-8(14)13-12(2,11(16)17)7-9-3-5-10(15)6-4-9/h3-6,15H,7H2,1-2H3,(H,13,14)(H,16,17)/t12-/m0/s1. The van der Waals surface area contributed by atoms with E-state index in [1.807, 2.05) is 0 Å². The topological polar surface area (TPSA) is 86.6 Å². The van der Waals surface area contributed by atoms with Gasteiger partial charge in [-0.3, -0.25) is 4.79 Å². The molecular weight excluding hydrogens is 222 g/mol. The minimum absolute atomic E-state index is 0.116. The molecule has 17 heavy (non-hydrogen) atoms. The number of hydrogen-bond acceptors (Lipinski definition) is 3. The van der Waals surface area contributed by atoms with Gasteiger partial charge in [0.05, 0.1) is 0 Å². The second kappa shape index (κ2) is 4.86. The highest BCUT2D eigenvalue weighted by Gasteiger charge is 2.34. The number of carboxylic acid groups (broad SMARTS) is 1. The Hall–Kier alpha value is -2.04. The van der Waals surface area contributed by atoms with Crippen molar-refractivity contribution in [1.82, 2.24) is 5.32 Å². The summed E-state index contributed by atoms with van der Waals surface area (Å²) in [5.41, 5.74) is -0.621. The van der Waals surface area contributed by atoms with Gasteiger partial charge in [0.15, 0.2) is 0 Å². The molecule has 0 unspecified atom stereocenters. The van der Waals surface area contributed by atoms with Crippen LogP contribution < -0.4 is 5.32 Å². The summed E-state index contributed by atoms with van der Waals surface area (Å²) in [5.74, 6) is -1.38. The van der Waals surface area contributed by atoms with E-state index in [2.05, 4.69) is 5.32 Å². The number of hydrogen-bond donors (Lipinski definition) is 3. The van der Waals surface area contributed by atoms with Crippen molar-refractivity contribution in [2.24, 2.45) is 0 Å². The largest absolute Gasteiger partial charge is 0.508 e. The van der Waals surface area contributed by atoms with E-state index in [0.29, 0.717) is 0 Å². The molecule has 0 radical (unpaired) electrons. The predicted octanol–water partition coefficient (Wildman–Crippen LogP) is 0.914. The van der Waals surface area contributed by atoms with Gasteiger partial charge >= 0.3 is 5.97 Å². The maximum absolute atomic E-state index is 11.2. The molecule has 5 heteroatoms. The summed E-state index contributed by atoms with van der Waals surface area (Å²) in [4.78, 5) is 22.2. The zero-order valence-electron chi connectivity index (χ0n) is 9.73. The van der Waals surface area contributed by atoms with E-state index >= 15 is 0 Å². The number of phenolic OH excluding ortho intramolecular Hbond substituents is 1. The number of amides is 1. The molecule has 0 heterocycles. The van der Waals surface area contributed by atoms with Crippen LogP contribution in [0, 0.1) is 0 Å².